The number of rotatable bonds is 6. The monoisotopic (exact) mass is 343 g/mol. The number of hydrogen-bond acceptors (Lipinski definition) is 4. The van der Waals surface area contributed by atoms with Crippen LogP contribution >= 0.6 is 11.8 Å². The van der Waals surface area contributed by atoms with Crippen LogP contribution in [0.15, 0.2) is 47.4 Å². The third-order valence-corrected chi connectivity index (χ3v) is 5.15. The van der Waals surface area contributed by atoms with Crippen molar-refractivity contribution in [3.05, 3.63) is 53.6 Å². The fourth-order valence-electron chi connectivity index (χ4n) is 2.59. The van der Waals surface area contributed by atoms with Gasteiger partial charge < -0.3 is 14.4 Å². The topological polar surface area (TPSA) is 38.8 Å². The zero-order chi connectivity index (χ0) is 16.9. The summed E-state index contributed by atoms with van der Waals surface area (Å²) in [6.07, 6.45) is 0. The molecule has 0 aromatic heterocycles. The van der Waals surface area contributed by atoms with E-state index < -0.39 is 0 Å². The van der Waals surface area contributed by atoms with Crippen LogP contribution in [0.1, 0.15) is 18.1 Å². The van der Waals surface area contributed by atoms with Crippen molar-refractivity contribution in [1.82, 2.24) is 4.90 Å². The maximum atomic E-state index is 12.5. The Labute approximate surface area is 146 Å². The number of fused-ring (bicyclic) bond motifs is 1. The van der Waals surface area contributed by atoms with Gasteiger partial charge in [-0.1, -0.05) is 24.3 Å². The Morgan fingerprint density at radius 3 is 2.75 bits per heavy atom. The number of carbonyl (C=O) groups is 1. The van der Waals surface area contributed by atoms with E-state index in [2.05, 4.69) is 19.1 Å². The molecule has 0 fully saturated rings. The molecule has 1 heterocycles. The highest BCUT2D eigenvalue weighted by Gasteiger charge is 2.17. The summed E-state index contributed by atoms with van der Waals surface area (Å²) < 4.78 is 10.7. The van der Waals surface area contributed by atoms with Crippen LogP contribution in [0, 0.1) is 6.92 Å². The molecular weight excluding hydrogens is 322 g/mol. The lowest BCUT2D eigenvalue weighted by Gasteiger charge is -2.21. The number of carbonyl (C=O) groups excluding carboxylic acids is 1. The van der Waals surface area contributed by atoms with Crippen LogP contribution in [0.2, 0.25) is 0 Å². The summed E-state index contributed by atoms with van der Waals surface area (Å²) in [5.41, 5.74) is 2.25. The summed E-state index contributed by atoms with van der Waals surface area (Å²) in [4.78, 5) is 15.6. The fraction of sp³-hybridized carbons (Fsp3) is 0.316. The Morgan fingerprint density at radius 2 is 1.96 bits per heavy atom. The average Bonchev–Trinajstić information content (AvgIpc) is 3.06. The summed E-state index contributed by atoms with van der Waals surface area (Å²) in [5, 5.41) is 0. The largest absolute Gasteiger partial charge is 0.454 e. The van der Waals surface area contributed by atoms with Gasteiger partial charge in [0.25, 0.3) is 0 Å². The number of aryl methyl sites for hydroxylation is 1. The summed E-state index contributed by atoms with van der Waals surface area (Å²) in [6.45, 7) is 5.60. The molecule has 0 bridgehead atoms. The van der Waals surface area contributed by atoms with Crippen LogP contribution < -0.4 is 9.47 Å². The molecule has 2 aromatic carbocycles. The van der Waals surface area contributed by atoms with Gasteiger partial charge in [0.2, 0.25) is 12.7 Å². The predicted octanol–water partition coefficient (Wildman–Crippen LogP) is 3.86. The zero-order valence-electron chi connectivity index (χ0n) is 14.0. The van der Waals surface area contributed by atoms with Crippen molar-refractivity contribution >= 4 is 17.7 Å². The molecule has 2 aromatic rings. The first-order chi connectivity index (χ1) is 11.7. The van der Waals surface area contributed by atoms with Gasteiger partial charge in [0, 0.05) is 18.0 Å². The highest BCUT2D eigenvalue weighted by molar-refractivity contribution is 8.00. The van der Waals surface area contributed by atoms with Crippen molar-refractivity contribution < 1.29 is 14.3 Å². The van der Waals surface area contributed by atoms with E-state index in [1.807, 2.05) is 42.2 Å². The molecule has 0 saturated heterocycles. The van der Waals surface area contributed by atoms with Gasteiger partial charge in [0.1, 0.15) is 0 Å². The van der Waals surface area contributed by atoms with Gasteiger partial charge >= 0.3 is 0 Å². The highest BCUT2D eigenvalue weighted by Crippen LogP contribution is 2.33. The Morgan fingerprint density at radius 1 is 1.17 bits per heavy atom. The normalized spacial score (nSPS) is 12.2. The maximum Gasteiger partial charge on any atom is 0.233 e. The lowest BCUT2D eigenvalue weighted by atomic mass is 10.2. The van der Waals surface area contributed by atoms with Crippen molar-refractivity contribution in [2.75, 3.05) is 19.1 Å². The molecule has 5 heteroatoms. The summed E-state index contributed by atoms with van der Waals surface area (Å²) in [5.74, 6) is 2.11. The zero-order valence-corrected chi connectivity index (χ0v) is 14.8. The minimum absolute atomic E-state index is 0.142. The molecule has 0 unspecified atom stereocenters. The second kappa shape index (κ2) is 7.62. The van der Waals surface area contributed by atoms with E-state index in [4.69, 9.17) is 9.47 Å². The van der Waals surface area contributed by atoms with E-state index in [1.54, 1.807) is 11.8 Å². The fourth-order valence-corrected chi connectivity index (χ4v) is 3.52. The smallest absolute Gasteiger partial charge is 0.233 e. The quantitative estimate of drug-likeness (QED) is 0.747. The molecule has 1 amide bonds. The molecule has 1 aliphatic heterocycles. The number of ether oxygens (including phenoxy) is 2. The van der Waals surface area contributed by atoms with Gasteiger partial charge in [0.15, 0.2) is 11.5 Å². The van der Waals surface area contributed by atoms with Gasteiger partial charge in [0.05, 0.1) is 5.75 Å². The molecule has 0 atom stereocenters. The van der Waals surface area contributed by atoms with Crippen LogP contribution in [0.4, 0.5) is 0 Å². The molecular formula is C19H21NO3S. The summed E-state index contributed by atoms with van der Waals surface area (Å²) in [6, 6.07) is 14.0. The predicted molar refractivity (Wildman–Crippen MR) is 95.6 cm³/mol. The number of thioether (sulfide) groups is 1. The molecule has 24 heavy (non-hydrogen) atoms. The number of nitrogens with zero attached hydrogens (tertiary/aromatic N) is 1. The molecule has 4 nitrogen and oxygen atoms in total. The second-order valence-corrected chi connectivity index (χ2v) is 6.67. The van der Waals surface area contributed by atoms with E-state index in [-0.39, 0.29) is 12.7 Å². The van der Waals surface area contributed by atoms with E-state index in [1.165, 1.54) is 5.56 Å². The third-order valence-electron chi connectivity index (χ3n) is 3.99. The minimum Gasteiger partial charge on any atom is -0.454 e. The SMILES string of the molecule is CCN(Cc1ccc2c(c1)OCO2)C(=O)CSc1ccccc1C. The summed E-state index contributed by atoms with van der Waals surface area (Å²) >= 11 is 1.59. The molecule has 0 spiro atoms. The molecule has 0 aliphatic carbocycles. The Kier molecular flexibility index (Phi) is 5.30. The van der Waals surface area contributed by atoms with Crippen molar-refractivity contribution in [2.45, 2.75) is 25.3 Å². The Balaban J connectivity index is 1.61. The van der Waals surface area contributed by atoms with Crippen LogP contribution in [0.5, 0.6) is 11.5 Å². The van der Waals surface area contributed by atoms with Crippen LogP contribution in [-0.2, 0) is 11.3 Å². The van der Waals surface area contributed by atoms with Gasteiger partial charge in [-0.3, -0.25) is 4.79 Å². The van der Waals surface area contributed by atoms with E-state index in [0.717, 1.165) is 22.0 Å². The van der Waals surface area contributed by atoms with E-state index in [0.29, 0.717) is 18.8 Å². The Hall–Kier alpha value is -2.14. The maximum absolute atomic E-state index is 12.5. The van der Waals surface area contributed by atoms with Crippen molar-refractivity contribution in [1.29, 1.82) is 0 Å². The van der Waals surface area contributed by atoms with Crippen LogP contribution in [0.25, 0.3) is 0 Å². The number of benzene rings is 2. The molecule has 0 saturated carbocycles. The second-order valence-electron chi connectivity index (χ2n) is 5.65. The van der Waals surface area contributed by atoms with Crippen LogP contribution in [0.3, 0.4) is 0 Å². The van der Waals surface area contributed by atoms with Crippen molar-refractivity contribution in [2.24, 2.45) is 0 Å². The van der Waals surface area contributed by atoms with Gasteiger partial charge in [-0.05, 0) is 43.2 Å². The van der Waals surface area contributed by atoms with Gasteiger partial charge in [-0.15, -0.1) is 11.8 Å². The number of hydrogen-bond donors (Lipinski definition) is 0. The third kappa shape index (κ3) is 3.85. The van der Waals surface area contributed by atoms with Gasteiger partial charge in [-0.2, -0.15) is 0 Å². The lowest BCUT2D eigenvalue weighted by molar-refractivity contribution is -0.128. The summed E-state index contributed by atoms with van der Waals surface area (Å²) in [7, 11) is 0. The molecule has 1 aliphatic rings. The first-order valence-corrected chi connectivity index (χ1v) is 9.00. The van der Waals surface area contributed by atoms with E-state index >= 15 is 0 Å². The molecule has 0 radical (unpaired) electrons. The minimum atomic E-state index is 0.142. The van der Waals surface area contributed by atoms with Crippen molar-refractivity contribution in [3.8, 4) is 11.5 Å². The van der Waals surface area contributed by atoms with E-state index in [9.17, 15) is 4.79 Å². The highest BCUT2D eigenvalue weighted by atomic mass is 32.2. The van der Waals surface area contributed by atoms with Crippen molar-refractivity contribution in [3.63, 3.8) is 0 Å². The van der Waals surface area contributed by atoms with Gasteiger partial charge in [-0.25, -0.2) is 0 Å². The first-order valence-electron chi connectivity index (χ1n) is 8.02. The first kappa shape index (κ1) is 16.7. The number of amides is 1. The standard InChI is InChI=1S/C19H21NO3S/c1-3-20(11-15-8-9-16-17(10-15)23-13-22-16)19(21)12-24-18-7-5-4-6-14(18)2/h4-10H,3,11-13H2,1-2H3. The molecule has 126 valence electrons. The Bertz CT molecular complexity index is 732. The molecule has 3 rings (SSSR count). The van der Waals surface area contributed by atoms with Crippen LogP contribution in [-0.4, -0.2) is 29.9 Å². The molecule has 0 N–H and O–H groups in total. The lowest BCUT2D eigenvalue weighted by Crippen LogP contribution is -2.31. The average molecular weight is 343 g/mol.